The van der Waals surface area contributed by atoms with Gasteiger partial charge in [-0.3, -0.25) is 10.1 Å². The lowest BCUT2D eigenvalue weighted by atomic mass is 10.2. The Morgan fingerprint density at radius 1 is 1.21 bits per heavy atom. The number of amides is 1. The molecule has 1 fully saturated rings. The van der Waals surface area contributed by atoms with Gasteiger partial charge in [0.1, 0.15) is 5.52 Å². The molecule has 0 spiro atoms. The summed E-state index contributed by atoms with van der Waals surface area (Å²) >= 11 is 3.65. The van der Waals surface area contributed by atoms with Crippen molar-refractivity contribution in [2.45, 2.75) is 13.3 Å². The van der Waals surface area contributed by atoms with Gasteiger partial charge < -0.3 is 9.91 Å². The van der Waals surface area contributed by atoms with E-state index in [1.807, 2.05) is 29.8 Å². The zero-order valence-electron chi connectivity index (χ0n) is 15.9. The van der Waals surface area contributed by atoms with E-state index >= 15 is 0 Å². The van der Waals surface area contributed by atoms with Gasteiger partial charge in [0, 0.05) is 24.1 Å². The number of aryl methyl sites for hydroxylation is 1. The summed E-state index contributed by atoms with van der Waals surface area (Å²) in [6.45, 7) is 5.54. The van der Waals surface area contributed by atoms with Crippen molar-refractivity contribution in [2.75, 3.05) is 43.6 Å². The Kier molecular flexibility index (Phi) is 5.27. The lowest BCUT2D eigenvalue weighted by Crippen LogP contribution is -2.39. The molecular weight excluding hydrogens is 422 g/mol. The number of imidazole rings is 1. The summed E-state index contributed by atoms with van der Waals surface area (Å²) < 4.78 is 2.97. The number of para-hydroxylation sites is 1. The maximum Gasteiger partial charge on any atom is 0.259 e. The summed E-state index contributed by atoms with van der Waals surface area (Å²) in [5.41, 5.74) is 2.93. The number of aromatic nitrogens is 4. The van der Waals surface area contributed by atoms with Crippen LogP contribution in [0.2, 0.25) is 0 Å². The minimum Gasteiger partial charge on any atom is -0.308 e. The Bertz CT molecular complexity index is 1020. The molecule has 1 amide bonds. The predicted octanol–water partition coefficient (Wildman–Crippen LogP) is 2.42. The van der Waals surface area contributed by atoms with E-state index in [4.69, 9.17) is 4.98 Å². The third kappa shape index (κ3) is 3.72. The number of nitrogens with zero attached hydrogens (tertiary/aromatic N) is 6. The van der Waals surface area contributed by atoms with Crippen molar-refractivity contribution in [3.05, 3.63) is 46.2 Å². The molecule has 1 aliphatic heterocycles. The van der Waals surface area contributed by atoms with Crippen molar-refractivity contribution < 1.29 is 4.79 Å². The molecule has 146 valence electrons. The van der Waals surface area contributed by atoms with Crippen LogP contribution < -0.4 is 10.3 Å². The summed E-state index contributed by atoms with van der Waals surface area (Å²) in [6, 6.07) is 7.61. The number of halogens is 1. The van der Waals surface area contributed by atoms with E-state index < -0.39 is 0 Å². The van der Waals surface area contributed by atoms with E-state index in [-0.39, 0.29) is 5.91 Å². The zero-order chi connectivity index (χ0) is 19.7. The standard InChI is InChI=1S/C19H22BrN7O/c1-13-11-14(12-21-24-13)18(28)23-19-22-16-6-3-5-15(20)17(16)27(19)26-8-4-7-25(2)9-10-26/h3,5-6,11-12H,4,7-10H2,1-2H3,(H,22,23,28). The van der Waals surface area contributed by atoms with E-state index in [0.29, 0.717) is 17.2 Å². The highest BCUT2D eigenvalue weighted by molar-refractivity contribution is 9.10. The van der Waals surface area contributed by atoms with Gasteiger partial charge in [0.05, 0.1) is 23.0 Å². The number of rotatable bonds is 3. The molecule has 0 unspecified atom stereocenters. The first kappa shape index (κ1) is 18.8. The molecule has 0 saturated carbocycles. The molecule has 1 aromatic carbocycles. The van der Waals surface area contributed by atoms with Crippen molar-refractivity contribution in [3.63, 3.8) is 0 Å². The van der Waals surface area contributed by atoms with E-state index in [9.17, 15) is 4.79 Å². The molecule has 0 bridgehead atoms. The Morgan fingerprint density at radius 2 is 2.07 bits per heavy atom. The monoisotopic (exact) mass is 443 g/mol. The third-order valence-corrected chi connectivity index (χ3v) is 5.49. The van der Waals surface area contributed by atoms with E-state index in [0.717, 1.165) is 48.1 Å². The van der Waals surface area contributed by atoms with Gasteiger partial charge in [0.15, 0.2) is 0 Å². The quantitative estimate of drug-likeness (QED) is 0.669. The van der Waals surface area contributed by atoms with Crippen LogP contribution in [0.4, 0.5) is 5.95 Å². The van der Waals surface area contributed by atoms with Crippen LogP contribution in [0.3, 0.4) is 0 Å². The average Bonchev–Trinajstić information content (AvgIpc) is 2.90. The number of anilines is 1. The number of likely N-dealkylation sites (N-methyl/N-ethyl adjacent to an activating group) is 1. The van der Waals surface area contributed by atoms with Crippen LogP contribution in [-0.4, -0.2) is 63.9 Å². The molecule has 3 heterocycles. The average molecular weight is 444 g/mol. The predicted molar refractivity (Wildman–Crippen MR) is 112 cm³/mol. The molecule has 0 radical (unpaired) electrons. The maximum absolute atomic E-state index is 12.8. The third-order valence-electron chi connectivity index (χ3n) is 4.85. The van der Waals surface area contributed by atoms with E-state index in [1.54, 1.807) is 6.07 Å². The molecule has 2 aromatic heterocycles. The highest BCUT2D eigenvalue weighted by Crippen LogP contribution is 2.28. The molecular formula is C19H22BrN7O. The fourth-order valence-electron chi connectivity index (χ4n) is 3.43. The number of nitrogens with one attached hydrogen (secondary N) is 1. The van der Waals surface area contributed by atoms with Crippen LogP contribution in [0, 0.1) is 6.92 Å². The smallest absolute Gasteiger partial charge is 0.259 e. The highest BCUT2D eigenvalue weighted by atomic mass is 79.9. The molecule has 3 aromatic rings. The molecule has 0 aliphatic carbocycles. The van der Waals surface area contributed by atoms with Gasteiger partial charge in [-0.05, 0) is 61.1 Å². The number of hydrogen-bond donors (Lipinski definition) is 1. The minimum atomic E-state index is -0.252. The Hall–Kier alpha value is -2.52. The highest BCUT2D eigenvalue weighted by Gasteiger charge is 2.22. The van der Waals surface area contributed by atoms with Crippen LogP contribution >= 0.6 is 15.9 Å². The number of carbonyl (C=O) groups is 1. The Morgan fingerprint density at radius 3 is 2.89 bits per heavy atom. The topological polar surface area (TPSA) is 79.2 Å². The molecule has 1 aliphatic rings. The van der Waals surface area contributed by atoms with Crippen LogP contribution in [0.5, 0.6) is 0 Å². The van der Waals surface area contributed by atoms with Crippen LogP contribution in [0.15, 0.2) is 34.9 Å². The molecule has 9 heteroatoms. The van der Waals surface area contributed by atoms with Crippen molar-refractivity contribution in [2.24, 2.45) is 0 Å². The summed E-state index contributed by atoms with van der Waals surface area (Å²) in [5.74, 6) is 0.253. The molecule has 8 nitrogen and oxygen atoms in total. The summed E-state index contributed by atoms with van der Waals surface area (Å²) in [4.78, 5) is 19.8. The largest absolute Gasteiger partial charge is 0.308 e. The second-order valence-electron chi connectivity index (χ2n) is 7.01. The summed E-state index contributed by atoms with van der Waals surface area (Å²) in [6.07, 6.45) is 2.51. The first-order valence-electron chi connectivity index (χ1n) is 9.24. The van der Waals surface area contributed by atoms with Gasteiger partial charge in [-0.15, -0.1) is 0 Å². The minimum absolute atomic E-state index is 0.252. The van der Waals surface area contributed by atoms with Gasteiger partial charge in [-0.1, -0.05) is 6.07 Å². The normalized spacial score (nSPS) is 15.6. The Balaban J connectivity index is 1.75. The second-order valence-corrected chi connectivity index (χ2v) is 7.86. The fourth-order valence-corrected chi connectivity index (χ4v) is 3.96. The van der Waals surface area contributed by atoms with Crippen molar-refractivity contribution in [1.29, 1.82) is 0 Å². The van der Waals surface area contributed by atoms with E-state index in [1.165, 1.54) is 6.20 Å². The number of benzene rings is 1. The fraction of sp³-hybridized carbons (Fsp3) is 0.368. The zero-order valence-corrected chi connectivity index (χ0v) is 17.5. The van der Waals surface area contributed by atoms with Crippen molar-refractivity contribution >= 4 is 38.8 Å². The lowest BCUT2D eigenvalue weighted by Gasteiger charge is -2.26. The van der Waals surface area contributed by atoms with Crippen molar-refractivity contribution in [3.8, 4) is 0 Å². The molecule has 4 rings (SSSR count). The second kappa shape index (κ2) is 7.84. The first-order valence-corrected chi connectivity index (χ1v) is 10.0. The van der Waals surface area contributed by atoms with Gasteiger partial charge in [-0.2, -0.15) is 10.2 Å². The number of fused-ring (bicyclic) bond motifs is 1. The van der Waals surface area contributed by atoms with Gasteiger partial charge in [0.2, 0.25) is 5.95 Å². The SMILES string of the molecule is Cc1cc(C(=O)Nc2nc3cccc(Br)c3n2N2CCCN(C)CC2)cnn1. The van der Waals surface area contributed by atoms with Crippen LogP contribution in [0.1, 0.15) is 22.5 Å². The van der Waals surface area contributed by atoms with Gasteiger partial charge in [-0.25, -0.2) is 9.66 Å². The summed E-state index contributed by atoms with van der Waals surface area (Å²) in [5, 5.41) is 13.0. The molecule has 28 heavy (non-hydrogen) atoms. The molecule has 1 N–H and O–H groups in total. The van der Waals surface area contributed by atoms with E-state index in [2.05, 4.69) is 48.4 Å². The maximum atomic E-state index is 12.8. The molecule has 0 atom stereocenters. The summed E-state index contributed by atoms with van der Waals surface area (Å²) in [7, 11) is 2.13. The van der Waals surface area contributed by atoms with Crippen molar-refractivity contribution in [1.82, 2.24) is 24.8 Å². The van der Waals surface area contributed by atoms with Crippen LogP contribution in [-0.2, 0) is 0 Å². The van der Waals surface area contributed by atoms with Crippen LogP contribution in [0.25, 0.3) is 11.0 Å². The lowest BCUT2D eigenvalue weighted by molar-refractivity contribution is 0.102. The number of hydrogen-bond acceptors (Lipinski definition) is 6. The van der Waals surface area contributed by atoms with Gasteiger partial charge >= 0.3 is 0 Å². The molecule has 1 saturated heterocycles. The first-order chi connectivity index (χ1) is 13.5. The number of carbonyl (C=O) groups excluding carboxylic acids is 1. The Labute approximate surface area is 171 Å². The van der Waals surface area contributed by atoms with Gasteiger partial charge in [0.25, 0.3) is 5.91 Å².